The lowest BCUT2D eigenvalue weighted by Gasteiger charge is -2.33. The third-order valence-electron chi connectivity index (χ3n) is 5.54. The van der Waals surface area contributed by atoms with Crippen molar-refractivity contribution < 1.29 is 9.90 Å². The average Bonchev–Trinajstić information content (AvgIpc) is 3.09. The number of aryl methyl sites for hydroxylation is 2. The van der Waals surface area contributed by atoms with Crippen LogP contribution in [0.1, 0.15) is 54.2 Å². The summed E-state index contributed by atoms with van der Waals surface area (Å²) in [6.45, 7) is 3.76. The highest BCUT2D eigenvalue weighted by molar-refractivity contribution is 5.66. The highest BCUT2D eigenvalue weighted by Crippen LogP contribution is 2.30. The molecule has 2 aromatic rings. The van der Waals surface area contributed by atoms with Crippen LogP contribution in [-0.4, -0.2) is 43.9 Å². The summed E-state index contributed by atoms with van der Waals surface area (Å²) in [4.78, 5) is 23.0. The van der Waals surface area contributed by atoms with Crippen LogP contribution in [0.3, 0.4) is 0 Å². The van der Waals surface area contributed by atoms with Gasteiger partial charge in [0.1, 0.15) is 6.54 Å². The van der Waals surface area contributed by atoms with Gasteiger partial charge >= 0.3 is 5.97 Å². The zero-order chi connectivity index (χ0) is 18.1. The molecule has 26 heavy (non-hydrogen) atoms. The zero-order valence-corrected chi connectivity index (χ0v) is 15.2. The molecule has 0 spiro atoms. The average molecular weight is 355 g/mol. The maximum atomic E-state index is 11.1. The number of rotatable bonds is 4. The molecule has 1 fully saturated rings. The van der Waals surface area contributed by atoms with Crippen molar-refractivity contribution in [2.45, 2.75) is 57.9 Å². The molecule has 1 saturated heterocycles. The lowest BCUT2D eigenvalue weighted by molar-refractivity contribution is -0.137. The monoisotopic (exact) mass is 355 g/mol. The normalized spacial score (nSPS) is 20.0. The van der Waals surface area contributed by atoms with Gasteiger partial charge in [0.15, 0.2) is 0 Å². The molecular weight excluding hydrogens is 330 g/mol. The Morgan fingerprint density at radius 2 is 2.12 bits per heavy atom. The van der Waals surface area contributed by atoms with E-state index in [9.17, 15) is 4.79 Å². The number of hydrogen-bond acceptors (Lipinski definition) is 5. The van der Waals surface area contributed by atoms with E-state index in [2.05, 4.69) is 16.9 Å². The van der Waals surface area contributed by atoms with E-state index in [-0.39, 0.29) is 12.5 Å². The lowest BCUT2D eigenvalue weighted by Crippen LogP contribution is -2.37. The molecule has 7 nitrogen and oxygen atoms in total. The highest BCUT2D eigenvalue weighted by atomic mass is 16.4. The molecule has 7 heteroatoms. The quantitative estimate of drug-likeness (QED) is 0.906. The first-order chi connectivity index (χ1) is 12.6. The molecule has 0 unspecified atom stereocenters. The van der Waals surface area contributed by atoms with Crippen molar-refractivity contribution in [3.05, 3.63) is 34.9 Å². The zero-order valence-electron chi connectivity index (χ0n) is 15.2. The van der Waals surface area contributed by atoms with E-state index in [1.54, 1.807) is 10.9 Å². The van der Waals surface area contributed by atoms with Gasteiger partial charge in [0.05, 0.1) is 0 Å². The van der Waals surface area contributed by atoms with Crippen LogP contribution in [0, 0.1) is 6.92 Å². The number of carboxylic acid groups (broad SMARTS) is 1. The first-order valence-electron chi connectivity index (χ1n) is 9.46. The molecule has 1 N–H and O–H groups in total. The fourth-order valence-corrected chi connectivity index (χ4v) is 4.26. The summed E-state index contributed by atoms with van der Waals surface area (Å²) < 4.78 is 1.61. The van der Waals surface area contributed by atoms with Gasteiger partial charge in [-0.15, -0.1) is 0 Å². The molecule has 1 atom stereocenters. The van der Waals surface area contributed by atoms with Gasteiger partial charge in [-0.3, -0.25) is 9.48 Å². The van der Waals surface area contributed by atoms with Crippen LogP contribution in [0.2, 0.25) is 0 Å². The van der Waals surface area contributed by atoms with Crippen molar-refractivity contribution in [3.63, 3.8) is 0 Å². The minimum absolute atomic E-state index is 0.0900. The lowest BCUT2D eigenvalue weighted by atomic mass is 9.94. The summed E-state index contributed by atoms with van der Waals surface area (Å²) in [5.41, 5.74) is 4.67. The maximum Gasteiger partial charge on any atom is 0.325 e. The van der Waals surface area contributed by atoms with E-state index in [1.165, 1.54) is 24.1 Å². The number of aromatic nitrogens is 4. The van der Waals surface area contributed by atoms with Gasteiger partial charge in [-0.1, -0.05) is 0 Å². The number of carbonyl (C=O) groups is 1. The molecular formula is C19H25N5O2. The smallest absolute Gasteiger partial charge is 0.325 e. The molecule has 0 aromatic carbocycles. The predicted molar refractivity (Wildman–Crippen MR) is 97.5 cm³/mol. The van der Waals surface area contributed by atoms with Gasteiger partial charge in [-0.05, 0) is 57.1 Å². The number of nitrogens with zero attached hydrogens (tertiary/aromatic N) is 5. The van der Waals surface area contributed by atoms with E-state index in [4.69, 9.17) is 15.1 Å². The van der Waals surface area contributed by atoms with E-state index in [0.717, 1.165) is 56.1 Å². The second kappa shape index (κ2) is 7.05. The molecule has 4 rings (SSSR count). The summed E-state index contributed by atoms with van der Waals surface area (Å²) in [6.07, 6.45) is 8.35. The highest BCUT2D eigenvalue weighted by Gasteiger charge is 2.27. The fraction of sp³-hybridized carbons (Fsp3) is 0.579. The van der Waals surface area contributed by atoms with Crippen LogP contribution >= 0.6 is 0 Å². The van der Waals surface area contributed by atoms with Crippen molar-refractivity contribution in [1.82, 2.24) is 19.7 Å². The molecule has 0 bridgehead atoms. The number of aliphatic carboxylic acids is 1. The Kier molecular flexibility index (Phi) is 4.61. The Labute approximate surface area is 153 Å². The largest absolute Gasteiger partial charge is 0.480 e. The van der Waals surface area contributed by atoms with Crippen LogP contribution < -0.4 is 4.90 Å². The van der Waals surface area contributed by atoms with E-state index in [0.29, 0.717) is 0 Å². The number of piperidine rings is 1. The van der Waals surface area contributed by atoms with Crippen LogP contribution in [0.5, 0.6) is 0 Å². The van der Waals surface area contributed by atoms with Crippen LogP contribution in [0.25, 0.3) is 0 Å². The maximum absolute atomic E-state index is 11.1. The summed E-state index contributed by atoms with van der Waals surface area (Å²) >= 11 is 0. The van der Waals surface area contributed by atoms with Crippen molar-refractivity contribution in [2.24, 2.45) is 0 Å². The van der Waals surface area contributed by atoms with Gasteiger partial charge in [0.25, 0.3) is 0 Å². The molecule has 1 aliphatic carbocycles. The molecule has 3 heterocycles. The van der Waals surface area contributed by atoms with Crippen molar-refractivity contribution in [3.8, 4) is 0 Å². The molecule has 2 aromatic heterocycles. The second-order valence-corrected chi connectivity index (χ2v) is 7.33. The van der Waals surface area contributed by atoms with Gasteiger partial charge in [-0.25, -0.2) is 9.97 Å². The van der Waals surface area contributed by atoms with Gasteiger partial charge in [-0.2, -0.15) is 5.10 Å². The third kappa shape index (κ3) is 3.30. The number of hydrogen-bond donors (Lipinski definition) is 1. The van der Waals surface area contributed by atoms with E-state index < -0.39 is 5.97 Å². The van der Waals surface area contributed by atoms with Gasteiger partial charge in [0.2, 0.25) is 5.95 Å². The molecule has 0 radical (unpaired) electrons. The number of fused-ring (bicyclic) bond motifs is 1. The van der Waals surface area contributed by atoms with Crippen molar-refractivity contribution in [2.75, 3.05) is 18.0 Å². The number of anilines is 1. The minimum Gasteiger partial charge on any atom is -0.480 e. The Bertz CT molecular complexity index is 816. The molecule has 1 aliphatic heterocycles. The summed E-state index contributed by atoms with van der Waals surface area (Å²) in [6, 6.07) is 1.94. The first kappa shape index (κ1) is 17.0. The van der Waals surface area contributed by atoms with Gasteiger partial charge < -0.3 is 10.0 Å². The van der Waals surface area contributed by atoms with E-state index >= 15 is 0 Å². The first-order valence-corrected chi connectivity index (χ1v) is 9.46. The topological polar surface area (TPSA) is 84.1 Å². The molecule has 0 saturated carbocycles. The Morgan fingerprint density at radius 3 is 2.96 bits per heavy atom. The Morgan fingerprint density at radius 1 is 1.27 bits per heavy atom. The van der Waals surface area contributed by atoms with Crippen LogP contribution in [0.15, 0.2) is 12.3 Å². The van der Waals surface area contributed by atoms with Gasteiger partial charge in [0, 0.05) is 42.3 Å². The second-order valence-electron chi connectivity index (χ2n) is 7.33. The van der Waals surface area contributed by atoms with Crippen molar-refractivity contribution >= 4 is 11.9 Å². The SMILES string of the molecule is Cc1nc(N2CCC[C@@H](c3ccnn3CC(=O)O)C2)nc2c1CCCC2. The third-order valence-corrected chi connectivity index (χ3v) is 5.54. The van der Waals surface area contributed by atoms with Crippen LogP contribution in [-0.2, 0) is 24.2 Å². The molecule has 0 amide bonds. The van der Waals surface area contributed by atoms with Crippen molar-refractivity contribution in [1.29, 1.82) is 0 Å². The number of carboxylic acids is 1. The predicted octanol–water partition coefficient (Wildman–Crippen LogP) is 2.33. The fourth-order valence-electron chi connectivity index (χ4n) is 4.26. The summed E-state index contributed by atoms with van der Waals surface area (Å²) in [5.74, 6) is 0.221. The molecule has 2 aliphatic rings. The standard InChI is InChI=1S/C19H25N5O2/c1-13-15-6-2-3-7-16(15)22-19(21-13)23-10-4-5-14(11-23)17-8-9-20-24(17)12-18(25)26/h8-9,14H,2-7,10-12H2,1H3,(H,25,26)/t14-/m1/s1. The summed E-state index contributed by atoms with van der Waals surface area (Å²) in [7, 11) is 0. The minimum atomic E-state index is -0.865. The Hall–Kier alpha value is -2.44. The van der Waals surface area contributed by atoms with Crippen LogP contribution in [0.4, 0.5) is 5.95 Å². The van der Waals surface area contributed by atoms with E-state index in [1.807, 2.05) is 6.07 Å². The Balaban J connectivity index is 1.57. The summed E-state index contributed by atoms with van der Waals surface area (Å²) in [5, 5.41) is 13.3. The molecule has 138 valence electrons.